The zero-order valence-corrected chi connectivity index (χ0v) is 16.0. The van der Waals surface area contributed by atoms with Gasteiger partial charge in [-0.3, -0.25) is 4.79 Å². The number of nitrogens with one attached hydrogen (secondary N) is 1. The van der Waals surface area contributed by atoms with E-state index in [1.165, 1.54) is 21.3 Å². The van der Waals surface area contributed by atoms with Crippen molar-refractivity contribution in [1.29, 1.82) is 0 Å². The first-order valence-electron chi connectivity index (χ1n) is 8.41. The van der Waals surface area contributed by atoms with Crippen molar-refractivity contribution in [3.63, 3.8) is 0 Å². The number of carbonyl (C=O) groups is 1. The predicted octanol–water partition coefficient (Wildman–Crippen LogP) is 3.12. The summed E-state index contributed by atoms with van der Waals surface area (Å²) in [7, 11) is 7.73. The zero-order valence-electron chi connectivity index (χ0n) is 16.0. The van der Waals surface area contributed by atoms with Gasteiger partial charge in [-0.05, 0) is 23.8 Å². The van der Waals surface area contributed by atoms with Gasteiger partial charge in [0.05, 0.1) is 41.5 Å². The maximum Gasteiger partial charge on any atom is 0.203 e. The fourth-order valence-corrected chi connectivity index (χ4v) is 3.32. The smallest absolute Gasteiger partial charge is 0.203 e. The van der Waals surface area contributed by atoms with Gasteiger partial charge in [-0.15, -0.1) is 0 Å². The molecule has 0 fully saturated rings. The van der Waals surface area contributed by atoms with Crippen LogP contribution in [-0.2, 0) is 0 Å². The van der Waals surface area contributed by atoms with Crippen molar-refractivity contribution in [3.8, 4) is 28.7 Å². The average Bonchev–Trinajstić information content (AvgIpc) is 3.13. The summed E-state index contributed by atoms with van der Waals surface area (Å²) in [6, 6.07) is 7.02. The molecule has 1 atom stereocenters. The van der Waals surface area contributed by atoms with E-state index in [9.17, 15) is 4.79 Å². The zero-order chi connectivity index (χ0) is 19.6. The number of hydrogen-bond donors (Lipinski definition) is 1. The first-order chi connectivity index (χ1) is 13.1. The number of benzene rings is 2. The van der Waals surface area contributed by atoms with Crippen molar-refractivity contribution in [1.82, 2.24) is 0 Å². The molecule has 0 radical (unpaired) electrons. The minimum Gasteiger partial charge on any atom is -0.493 e. The molecule has 0 aliphatic carbocycles. The molecule has 27 heavy (non-hydrogen) atoms. The number of fused-ring (bicyclic) bond motifs is 1. The van der Waals surface area contributed by atoms with Gasteiger partial charge in [-0.2, -0.15) is 0 Å². The van der Waals surface area contributed by atoms with Gasteiger partial charge in [0.2, 0.25) is 5.75 Å². The highest BCUT2D eigenvalue weighted by Gasteiger charge is 2.32. The van der Waals surface area contributed by atoms with Gasteiger partial charge in [0.1, 0.15) is 0 Å². The highest BCUT2D eigenvalue weighted by atomic mass is 16.5. The molecule has 3 rings (SSSR count). The van der Waals surface area contributed by atoms with Crippen LogP contribution in [0.2, 0.25) is 0 Å². The Labute approximate surface area is 158 Å². The van der Waals surface area contributed by atoms with E-state index in [2.05, 4.69) is 5.32 Å². The summed E-state index contributed by atoms with van der Waals surface area (Å²) in [5.41, 5.74) is 2.21. The lowest BCUT2D eigenvalue weighted by Crippen LogP contribution is -2.15. The van der Waals surface area contributed by atoms with Crippen LogP contribution in [0.5, 0.6) is 28.7 Å². The maximum atomic E-state index is 13.2. The van der Waals surface area contributed by atoms with E-state index in [-0.39, 0.29) is 11.7 Å². The van der Waals surface area contributed by atoms with Crippen molar-refractivity contribution in [2.45, 2.75) is 5.92 Å². The normalized spacial score (nSPS) is 14.8. The Hall–Kier alpha value is -3.09. The maximum absolute atomic E-state index is 13.2. The Bertz CT molecular complexity index is 839. The summed E-state index contributed by atoms with van der Waals surface area (Å²) in [4.78, 5) is 13.2. The summed E-state index contributed by atoms with van der Waals surface area (Å²) in [5.74, 6) is 2.13. The summed E-state index contributed by atoms with van der Waals surface area (Å²) in [5, 5.41) is 3.26. The first-order valence-corrected chi connectivity index (χ1v) is 8.41. The third-order valence-electron chi connectivity index (χ3n) is 4.69. The quantitative estimate of drug-likeness (QED) is 0.748. The van der Waals surface area contributed by atoms with Gasteiger partial charge in [-0.25, -0.2) is 0 Å². The van der Waals surface area contributed by atoms with Crippen molar-refractivity contribution < 1.29 is 28.5 Å². The van der Waals surface area contributed by atoms with Crippen LogP contribution in [0.25, 0.3) is 0 Å². The Morgan fingerprint density at radius 2 is 1.37 bits per heavy atom. The van der Waals surface area contributed by atoms with E-state index >= 15 is 0 Å². The van der Waals surface area contributed by atoms with Gasteiger partial charge in [0.15, 0.2) is 28.8 Å². The molecule has 7 heteroatoms. The molecule has 1 heterocycles. The lowest BCUT2D eigenvalue weighted by molar-refractivity contribution is 0.0965. The lowest BCUT2D eigenvalue weighted by atomic mass is 9.91. The third-order valence-corrected chi connectivity index (χ3v) is 4.69. The molecule has 7 nitrogen and oxygen atoms in total. The second kappa shape index (κ2) is 7.65. The van der Waals surface area contributed by atoms with Crippen molar-refractivity contribution in [2.75, 3.05) is 47.4 Å². The second-order valence-corrected chi connectivity index (χ2v) is 6.01. The standard InChI is InChI=1S/C20H23NO6/c1-23-15-8-12-13(10-21-14(12)9-16(15)24-2)19(22)11-6-17(25-3)20(27-5)18(7-11)26-4/h6-9,13,21H,10H2,1-5H3. The van der Waals surface area contributed by atoms with Crippen molar-refractivity contribution >= 4 is 11.5 Å². The molecular weight excluding hydrogens is 350 g/mol. The SMILES string of the molecule is COc1cc2c(cc1OC)C(C(=O)c1cc(OC)c(OC)c(OC)c1)CN2. The van der Waals surface area contributed by atoms with Gasteiger partial charge in [0.25, 0.3) is 0 Å². The Morgan fingerprint density at radius 3 is 1.89 bits per heavy atom. The molecule has 2 aromatic rings. The topological polar surface area (TPSA) is 75.3 Å². The number of rotatable bonds is 7. The largest absolute Gasteiger partial charge is 0.493 e. The Morgan fingerprint density at radius 1 is 0.815 bits per heavy atom. The first kappa shape index (κ1) is 18.7. The minimum absolute atomic E-state index is 0.0484. The number of carbonyl (C=O) groups excluding carboxylic acids is 1. The summed E-state index contributed by atoms with van der Waals surface area (Å²) < 4.78 is 26.8. The molecule has 144 valence electrons. The summed E-state index contributed by atoms with van der Waals surface area (Å²) in [6.45, 7) is 0.487. The Balaban J connectivity index is 2.02. The van der Waals surface area contributed by atoms with Gasteiger partial charge < -0.3 is 29.0 Å². The monoisotopic (exact) mass is 373 g/mol. The van der Waals surface area contributed by atoms with Gasteiger partial charge in [-0.1, -0.05) is 0 Å². The van der Waals surface area contributed by atoms with Crippen LogP contribution in [0.4, 0.5) is 5.69 Å². The fourth-order valence-electron chi connectivity index (χ4n) is 3.32. The molecule has 0 saturated heterocycles. The molecule has 1 aliphatic heterocycles. The highest BCUT2D eigenvalue weighted by molar-refractivity contribution is 6.04. The molecule has 0 saturated carbocycles. The van der Waals surface area contributed by atoms with Crippen molar-refractivity contribution in [2.24, 2.45) is 0 Å². The van der Waals surface area contributed by atoms with E-state index in [1.54, 1.807) is 26.4 Å². The molecular formula is C20H23NO6. The highest BCUT2D eigenvalue weighted by Crippen LogP contribution is 2.43. The second-order valence-electron chi connectivity index (χ2n) is 6.01. The number of hydrogen-bond acceptors (Lipinski definition) is 7. The molecule has 0 amide bonds. The van der Waals surface area contributed by atoms with Crippen LogP contribution in [0, 0.1) is 0 Å². The van der Waals surface area contributed by atoms with E-state index in [4.69, 9.17) is 23.7 Å². The third kappa shape index (κ3) is 3.20. The molecule has 1 unspecified atom stereocenters. The number of anilines is 1. The van der Waals surface area contributed by atoms with E-state index in [0.29, 0.717) is 40.9 Å². The van der Waals surface area contributed by atoms with Crippen LogP contribution in [0.15, 0.2) is 24.3 Å². The molecule has 0 bridgehead atoms. The molecule has 1 N–H and O–H groups in total. The fraction of sp³-hybridized carbons (Fsp3) is 0.350. The van der Waals surface area contributed by atoms with Crippen LogP contribution in [0.1, 0.15) is 21.8 Å². The van der Waals surface area contributed by atoms with E-state index < -0.39 is 0 Å². The predicted molar refractivity (Wildman–Crippen MR) is 101 cm³/mol. The van der Waals surface area contributed by atoms with E-state index in [1.807, 2.05) is 12.1 Å². The number of methoxy groups -OCH3 is 5. The van der Waals surface area contributed by atoms with Crippen LogP contribution in [0.3, 0.4) is 0 Å². The summed E-state index contributed by atoms with van der Waals surface area (Å²) >= 11 is 0. The van der Waals surface area contributed by atoms with Gasteiger partial charge in [0, 0.05) is 23.9 Å². The molecule has 2 aromatic carbocycles. The van der Waals surface area contributed by atoms with E-state index in [0.717, 1.165) is 11.3 Å². The van der Waals surface area contributed by atoms with Crippen LogP contribution < -0.4 is 29.0 Å². The van der Waals surface area contributed by atoms with Crippen LogP contribution >= 0.6 is 0 Å². The summed E-state index contributed by atoms with van der Waals surface area (Å²) in [6.07, 6.45) is 0. The number of ketones is 1. The molecule has 0 spiro atoms. The average molecular weight is 373 g/mol. The van der Waals surface area contributed by atoms with Crippen LogP contribution in [-0.4, -0.2) is 47.9 Å². The van der Waals surface area contributed by atoms with Gasteiger partial charge >= 0.3 is 0 Å². The van der Waals surface area contributed by atoms with Crippen molar-refractivity contribution in [3.05, 3.63) is 35.4 Å². The molecule has 0 aromatic heterocycles. The lowest BCUT2D eigenvalue weighted by Gasteiger charge is -2.16. The number of Topliss-reactive ketones (excluding diaryl/α,β-unsaturated/α-hetero) is 1. The number of ether oxygens (including phenoxy) is 5. The molecule has 1 aliphatic rings. The minimum atomic E-state index is -0.359. The Kier molecular flexibility index (Phi) is 5.30.